The molecule has 2 N–H and O–H groups in total. The monoisotopic (exact) mass is 474 g/mol. The van der Waals surface area contributed by atoms with Gasteiger partial charge in [0, 0.05) is 6.42 Å². The summed E-state index contributed by atoms with van der Waals surface area (Å²) in [5, 5.41) is 5.49. The number of aryl methyl sites for hydroxylation is 1. The molecule has 182 valence electrons. The van der Waals surface area contributed by atoms with Crippen LogP contribution in [-0.4, -0.2) is 49.8 Å². The van der Waals surface area contributed by atoms with E-state index in [1.807, 2.05) is 50.6 Å². The van der Waals surface area contributed by atoms with Crippen LogP contribution in [-0.2, 0) is 20.8 Å². The van der Waals surface area contributed by atoms with Crippen molar-refractivity contribution in [2.45, 2.75) is 45.2 Å². The standard InChI is InChI=1S/C24H32N2O4.C2H6S/c1-6-8-18(7-2)15-20(16-27)25-24(29)23(17(3)4)26-22(28)14-11-19-9-12-21(30-5)13-10-19;1-3-2/h6-10,12-13,16-17,20,23H,1-2,11,14-15H2,3-5H3,(H,25,29)(H,26,28);1-2H3/b18-8+;. The smallest absolute Gasteiger partial charge is 0.243 e. The SMILES string of the molecule is C=C/C=C(\C=C)CC(C=O)NC(=O)C(NC(=O)CCc1ccc(OC)cc1)C(C)C.CSC. The number of nitrogens with one attached hydrogen (secondary N) is 2. The minimum Gasteiger partial charge on any atom is -0.497 e. The lowest BCUT2D eigenvalue weighted by atomic mass is 10.0. The number of rotatable bonds is 13. The molecule has 2 atom stereocenters. The number of allylic oxidation sites excluding steroid dienone is 3. The Morgan fingerprint density at radius 2 is 1.73 bits per heavy atom. The molecule has 0 saturated carbocycles. The normalized spacial score (nSPS) is 12.5. The molecule has 0 saturated heterocycles. The molecule has 0 aliphatic rings. The van der Waals surface area contributed by atoms with Crippen LogP contribution in [0.2, 0.25) is 0 Å². The predicted molar refractivity (Wildman–Crippen MR) is 139 cm³/mol. The Labute approximate surface area is 202 Å². The summed E-state index contributed by atoms with van der Waals surface area (Å²) in [6, 6.07) is 6.05. The van der Waals surface area contributed by atoms with Gasteiger partial charge in [-0.1, -0.05) is 57.4 Å². The number of thioether (sulfide) groups is 1. The first-order chi connectivity index (χ1) is 15.8. The van der Waals surface area contributed by atoms with Crippen LogP contribution in [0.5, 0.6) is 5.75 Å². The second kappa shape index (κ2) is 17.7. The molecule has 2 unspecified atom stereocenters. The van der Waals surface area contributed by atoms with Crippen LogP contribution in [0.25, 0.3) is 0 Å². The lowest BCUT2D eigenvalue weighted by molar-refractivity contribution is -0.131. The van der Waals surface area contributed by atoms with E-state index in [2.05, 4.69) is 23.8 Å². The molecule has 0 fully saturated rings. The fraction of sp³-hybridized carbons (Fsp3) is 0.423. The summed E-state index contributed by atoms with van der Waals surface area (Å²) in [5.74, 6) is 0.0134. The number of aldehydes is 1. The highest BCUT2D eigenvalue weighted by Gasteiger charge is 2.26. The van der Waals surface area contributed by atoms with Gasteiger partial charge in [0.15, 0.2) is 0 Å². The highest BCUT2D eigenvalue weighted by Crippen LogP contribution is 2.13. The zero-order chi connectivity index (χ0) is 25.2. The van der Waals surface area contributed by atoms with Crippen molar-refractivity contribution >= 4 is 29.9 Å². The number of methoxy groups -OCH3 is 1. The molecule has 7 heteroatoms. The maximum atomic E-state index is 12.7. The Balaban J connectivity index is 0.00000322. The Morgan fingerprint density at radius 3 is 2.18 bits per heavy atom. The third-order valence-corrected chi connectivity index (χ3v) is 4.61. The minimum atomic E-state index is -0.730. The summed E-state index contributed by atoms with van der Waals surface area (Å²) >= 11 is 1.75. The molecule has 0 radical (unpaired) electrons. The van der Waals surface area contributed by atoms with Crippen molar-refractivity contribution in [1.82, 2.24) is 10.6 Å². The van der Waals surface area contributed by atoms with Crippen LogP contribution in [0.3, 0.4) is 0 Å². The molecule has 0 aliphatic carbocycles. The quantitative estimate of drug-likeness (QED) is 0.332. The first kappa shape index (κ1) is 30.2. The minimum absolute atomic E-state index is 0.134. The Hall–Kier alpha value is -2.80. The average Bonchev–Trinajstić information content (AvgIpc) is 2.80. The molecule has 1 aromatic rings. The number of ether oxygens (including phenoxy) is 1. The van der Waals surface area contributed by atoms with E-state index < -0.39 is 12.1 Å². The highest BCUT2D eigenvalue weighted by atomic mass is 32.2. The Bertz CT molecular complexity index is 788. The van der Waals surface area contributed by atoms with E-state index in [0.717, 1.165) is 16.9 Å². The summed E-state index contributed by atoms with van der Waals surface area (Å²) < 4.78 is 5.12. The number of carbonyl (C=O) groups is 3. The lowest BCUT2D eigenvalue weighted by Gasteiger charge is -2.24. The van der Waals surface area contributed by atoms with Gasteiger partial charge < -0.3 is 20.2 Å². The lowest BCUT2D eigenvalue weighted by Crippen LogP contribution is -2.52. The zero-order valence-corrected chi connectivity index (χ0v) is 21.2. The molecule has 1 aromatic carbocycles. The van der Waals surface area contributed by atoms with Gasteiger partial charge >= 0.3 is 0 Å². The number of hydrogen-bond acceptors (Lipinski definition) is 5. The summed E-state index contributed by atoms with van der Waals surface area (Å²) in [6.45, 7) is 11.0. The first-order valence-corrected chi connectivity index (χ1v) is 12.4. The first-order valence-electron chi connectivity index (χ1n) is 10.8. The van der Waals surface area contributed by atoms with E-state index in [9.17, 15) is 14.4 Å². The molecule has 1 rings (SSSR count). The van der Waals surface area contributed by atoms with Gasteiger partial charge in [0.05, 0.1) is 13.2 Å². The van der Waals surface area contributed by atoms with Crippen molar-refractivity contribution in [3.63, 3.8) is 0 Å². The highest BCUT2D eigenvalue weighted by molar-refractivity contribution is 7.97. The van der Waals surface area contributed by atoms with Crippen LogP contribution in [0.4, 0.5) is 0 Å². The molecule has 33 heavy (non-hydrogen) atoms. The van der Waals surface area contributed by atoms with Crippen molar-refractivity contribution in [3.05, 3.63) is 66.8 Å². The average molecular weight is 475 g/mol. The van der Waals surface area contributed by atoms with E-state index in [-0.39, 0.29) is 24.2 Å². The van der Waals surface area contributed by atoms with Gasteiger partial charge in [-0.25, -0.2) is 0 Å². The second-order valence-corrected chi connectivity index (χ2v) is 8.50. The molecule has 0 aromatic heterocycles. The fourth-order valence-electron chi connectivity index (χ4n) is 2.86. The van der Waals surface area contributed by atoms with E-state index in [0.29, 0.717) is 19.1 Å². The maximum Gasteiger partial charge on any atom is 0.243 e. The second-order valence-electron chi connectivity index (χ2n) is 7.68. The zero-order valence-electron chi connectivity index (χ0n) is 20.4. The fourth-order valence-corrected chi connectivity index (χ4v) is 2.86. The van der Waals surface area contributed by atoms with E-state index >= 15 is 0 Å². The molecule has 6 nitrogen and oxygen atoms in total. The van der Waals surface area contributed by atoms with Crippen LogP contribution >= 0.6 is 11.8 Å². The summed E-state index contributed by atoms with van der Waals surface area (Å²) in [5.41, 5.74) is 1.79. The molecule has 0 bridgehead atoms. The Morgan fingerprint density at radius 1 is 1.12 bits per heavy atom. The molecular weight excluding hydrogens is 436 g/mol. The number of carbonyl (C=O) groups excluding carboxylic acids is 3. The van der Waals surface area contributed by atoms with Crippen LogP contribution in [0.1, 0.15) is 32.3 Å². The van der Waals surface area contributed by atoms with Gasteiger partial charge in [-0.05, 0) is 54.5 Å². The van der Waals surface area contributed by atoms with Crippen molar-refractivity contribution < 1.29 is 19.1 Å². The molecule has 2 amide bonds. The predicted octanol–water partition coefficient (Wildman–Crippen LogP) is 4.12. The third-order valence-electron chi connectivity index (χ3n) is 4.61. The van der Waals surface area contributed by atoms with Crippen LogP contribution < -0.4 is 15.4 Å². The molecule has 0 aliphatic heterocycles. The maximum absolute atomic E-state index is 12.7. The largest absolute Gasteiger partial charge is 0.497 e. The third kappa shape index (κ3) is 12.7. The van der Waals surface area contributed by atoms with Crippen molar-refractivity contribution in [1.29, 1.82) is 0 Å². The van der Waals surface area contributed by atoms with Crippen molar-refractivity contribution in [2.75, 3.05) is 19.6 Å². The van der Waals surface area contributed by atoms with E-state index in [4.69, 9.17) is 4.74 Å². The van der Waals surface area contributed by atoms with E-state index in [1.165, 1.54) is 0 Å². The van der Waals surface area contributed by atoms with Gasteiger partial charge in [0.2, 0.25) is 11.8 Å². The van der Waals surface area contributed by atoms with Gasteiger partial charge in [0.1, 0.15) is 18.1 Å². The molecular formula is C26H38N2O4S. The number of benzene rings is 1. The molecule has 0 heterocycles. The number of amides is 2. The van der Waals surface area contributed by atoms with Gasteiger partial charge in [-0.3, -0.25) is 9.59 Å². The van der Waals surface area contributed by atoms with Gasteiger partial charge in [-0.2, -0.15) is 11.8 Å². The van der Waals surface area contributed by atoms with Crippen molar-refractivity contribution in [3.8, 4) is 5.75 Å². The Kier molecular flexibility index (Phi) is 16.2. The van der Waals surface area contributed by atoms with Gasteiger partial charge in [0.25, 0.3) is 0 Å². The van der Waals surface area contributed by atoms with Crippen molar-refractivity contribution in [2.24, 2.45) is 5.92 Å². The summed E-state index contributed by atoms with van der Waals surface area (Å²) in [7, 11) is 1.60. The number of hydrogen-bond donors (Lipinski definition) is 2. The van der Waals surface area contributed by atoms with E-state index in [1.54, 1.807) is 37.1 Å². The topological polar surface area (TPSA) is 84.5 Å². The van der Waals surface area contributed by atoms with Crippen LogP contribution in [0.15, 0.2) is 61.2 Å². The summed E-state index contributed by atoms with van der Waals surface area (Å²) in [4.78, 5) is 36.5. The van der Waals surface area contributed by atoms with Gasteiger partial charge in [-0.15, -0.1) is 0 Å². The van der Waals surface area contributed by atoms with Crippen LogP contribution in [0, 0.1) is 5.92 Å². The summed E-state index contributed by atoms with van der Waals surface area (Å²) in [6.07, 6.45) is 10.8. The molecule has 0 spiro atoms.